The summed E-state index contributed by atoms with van der Waals surface area (Å²) in [6.45, 7) is 4.51. The smallest absolute Gasteiger partial charge is 0.330 e. The largest absolute Gasteiger partial charge is 0.383 e. The number of nitrogens with zero attached hydrogens (tertiary/aromatic N) is 2. The molecule has 0 aliphatic carbocycles. The van der Waals surface area contributed by atoms with Crippen molar-refractivity contribution in [2.45, 2.75) is 33.2 Å². The molecule has 0 saturated heterocycles. The minimum absolute atomic E-state index is 0.0310. The maximum Gasteiger partial charge on any atom is 0.330 e. The topological polar surface area (TPSA) is 113 Å². The number of rotatable bonds is 7. The van der Waals surface area contributed by atoms with E-state index in [4.69, 9.17) is 5.73 Å². The summed E-state index contributed by atoms with van der Waals surface area (Å²) in [6.07, 6.45) is 1.64. The number of nitrogen functional groups attached to an aromatic ring is 1. The first-order valence-electron chi connectivity index (χ1n) is 7.05. The van der Waals surface area contributed by atoms with Crippen LogP contribution in [0, 0.1) is 0 Å². The van der Waals surface area contributed by atoms with E-state index in [2.05, 4.69) is 10.3 Å². The highest BCUT2D eigenvalue weighted by molar-refractivity contribution is 5.96. The van der Waals surface area contributed by atoms with E-state index in [1.807, 2.05) is 6.92 Å². The van der Waals surface area contributed by atoms with Crippen molar-refractivity contribution in [3.05, 3.63) is 20.8 Å². The lowest BCUT2D eigenvalue weighted by molar-refractivity contribution is -0.117. The number of H-pyrrole nitrogens is 1. The van der Waals surface area contributed by atoms with Crippen LogP contribution in [0.2, 0.25) is 0 Å². The monoisotopic (exact) mass is 297 g/mol. The number of hydrogen-bond donors (Lipinski definition) is 3. The second kappa shape index (κ2) is 7.63. The molecule has 0 saturated carbocycles. The first kappa shape index (κ1) is 17.0. The zero-order chi connectivity index (χ0) is 16.0. The maximum absolute atomic E-state index is 12.1. The van der Waals surface area contributed by atoms with Gasteiger partial charge in [0.25, 0.3) is 5.56 Å². The van der Waals surface area contributed by atoms with Gasteiger partial charge in [-0.1, -0.05) is 13.3 Å². The summed E-state index contributed by atoms with van der Waals surface area (Å²) in [5.41, 5.74) is 4.81. The third-order valence-electron chi connectivity index (χ3n) is 3.16. The van der Waals surface area contributed by atoms with Crippen molar-refractivity contribution in [2.24, 2.45) is 0 Å². The highest BCUT2D eigenvalue weighted by Crippen LogP contribution is 2.16. The average Bonchev–Trinajstić information content (AvgIpc) is 2.43. The van der Waals surface area contributed by atoms with Crippen LogP contribution in [0.3, 0.4) is 0 Å². The third-order valence-corrected chi connectivity index (χ3v) is 3.16. The van der Waals surface area contributed by atoms with Crippen LogP contribution in [0.15, 0.2) is 9.59 Å². The molecule has 4 N–H and O–H groups in total. The number of anilines is 2. The summed E-state index contributed by atoms with van der Waals surface area (Å²) >= 11 is 0. The van der Waals surface area contributed by atoms with Crippen molar-refractivity contribution in [2.75, 3.05) is 30.8 Å². The number of aromatic nitrogens is 2. The second-order valence-electron chi connectivity index (χ2n) is 4.67. The molecule has 21 heavy (non-hydrogen) atoms. The van der Waals surface area contributed by atoms with Crippen LogP contribution >= 0.6 is 0 Å². The molecular formula is C13H23N5O3. The van der Waals surface area contributed by atoms with Gasteiger partial charge in [-0.25, -0.2) is 4.79 Å². The van der Waals surface area contributed by atoms with Gasteiger partial charge < -0.3 is 16.0 Å². The number of carbonyl (C=O) groups is 1. The van der Waals surface area contributed by atoms with Gasteiger partial charge in [0.1, 0.15) is 5.82 Å². The second-order valence-corrected chi connectivity index (χ2v) is 4.67. The Labute approximate surface area is 122 Å². The Morgan fingerprint density at radius 3 is 2.57 bits per heavy atom. The van der Waals surface area contributed by atoms with Crippen LogP contribution in [0.5, 0.6) is 0 Å². The molecule has 0 aliphatic rings. The van der Waals surface area contributed by atoms with Crippen molar-refractivity contribution in [1.82, 2.24) is 14.9 Å². The van der Waals surface area contributed by atoms with E-state index in [1.54, 1.807) is 14.0 Å². The van der Waals surface area contributed by atoms with Crippen molar-refractivity contribution < 1.29 is 4.79 Å². The molecule has 0 spiro atoms. The number of nitrogens with two attached hydrogens (primary N) is 1. The van der Waals surface area contributed by atoms with Crippen LogP contribution in [-0.4, -0.2) is 35.6 Å². The van der Waals surface area contributed by atoms with E-state index in [-0.39, 0.29) is 24.0 Å². The highest BCUT2D eigenvalue weighted by atomic mass is 16.2. The molecule has 0 radical (unpaired) electrons. The fourth-order valence-corrected chi connectivity index (χ4v) is 2.08. The average molecular weight is 297 g/mol. The Morgan fingerprint density at radius 2 is 2.05 bits per heavy atom. The van der Waals surface area contributed by atoms with Gasteiger partial charge in [-0.2, -0.15) is 0 Å². The fourth-order valence-electron chi connectivity index (χ4n) is 2.08. The van der Waals surface area contributed by atoms with Crippen molar-refractivity contribution in [3.63, 3.8) is 0 Å². The van der Waals surface area contributed by atoms with Gasteiger partial charge in [-0.15, -0.1) is 0 Å². The molecule has 0 fully saturated rings. The number of amides is 1. The summed E-state index contributed by atoms with van der Waals surface area (Å²) in [7, 11) is 1.64. The van der Waals surface area contributed by atoms with Gasteiger partial charge in [-0.3, -0.25) is 19.1 Å². The van der Waals surface area contributed by atoms with E-state index < -0.39 is 11.2 Å². The molecule has 1 rings (SSSR count). The fraction of sp³-hybridized carbons (Fsp3) is 0.615. The molecule has 0 atom stereocenters. The molecular weight excluding hydrogens is 274 g/mol. The van der Waals surface area contributed by atoms with Crippen LogP contribution in [0.1, 0.15) is 26.7 Å². The number of hydrogen-bond acceptors (Lipinski definition) is 5. The summed E-state index contributed by atoms with van der Waals surface area (Å²) in [5, 5.41) is 2.74. The van der Waals surface area contributed by atoms with Crippen LogP contribution in [-0.2, 0) is 11.3 Å². The van der Waals surface area contributed by atoms with E-state index >= 15 is 0 Å². The standard InChI is InChI=1S/C13H23N5O3/c1-4-6-7-18-11(14)10(12(20)16-13(18)21)17(5-2)9(19)8-15-3/h15H,4-8,14H2,1-3H3,(H,16,20,21). The van der Waals surface area contributed by atoms with E-state index in [9.17, 15) is 14.4 Å². The molecule has 0 bridgehead atoms. The summed E-state index contributed by atoms with van der Waals surface area (Å²) in [5.74, 6) is -0.249. The molecule has 8 heteroatoms. The quantitative estimate of drug-likeness (QED) is 0.627. The zero-order valence-electron chi connectivity index (χ0n) is 12.7. The van der Waals surface area contributed by atoms with Crippen molar-refractivity contribution in [3.8, 4) is 0 Å². The minimum Gasteiger partial charge on any atom is -0.383 e. The van der Waals surface area contributed by atoms with Crippen LogP contribution in [0.25, 0.3) is 0 Å². The van der Waals surface area contributed by atoms with Gasteiger partial charge in [0.2, 0.25) is 5.91 Å². The lowest BCUT2D eigenvalue weighted by atomic mass is 10.3. The Balaban J connectivity index is 3.37. The molecule has 0 aromatic carbocycles. The van der Waals surface area contributed by atoms with Crippen LogP contribution in [0.4, 0.5) is 11.5 Å². The number of likely N-dealkylation sites (N-methyl/N-ethyl adjacent to an activating group) is 2. The molecule has 8 nitrogen and oxygen atoms in total. The van der Waals surface area contributed by atoms with E-state index in [0.717, 1.165) is 12.8 Å². The third kappa shape index (κ3) is 3.72. The van der Waals surface area contributed by atoms with E-state index in [1.165, 1.54) is 9.47 Å². The molecule has 1 aromatic heterocycles. The predicted molar refractivity (Wildman–Crippen MR) is 82.6 cm³/mol. The molecule has 118 valence electrons. The number of nitrogens with one attached hydrogen (secondary N) is 2. The predicted octanol–water partition coefficient (Wildman–Crippen LogP) is -0.509. The summed E-state index contributed by atoms with van der Waals surface area (Å²) < 4.78 is 1.30. The molecule has 0 aliphatic heterocycles. The Bertz CT molecular complexity index is 605. The van der Waals surface area contributed by atoms with Crippen molar-refractivity contribution in [1.29, 1.82) is 0 Å². The number of unbranched alkanes of at least 4 members (excludes halogenated alkanes) is 1. The van der Waals surface area contributed by atoms with Gasteiger partial charge in [0, 0.05) is 13.1 Å². The first-order chi connectivity index (χ1) is 9.97. The van der Waals surface area contributed by atoms with Gasteiger partial charge >= 0.3 is 5.69 Å². The minimum atomic E-state index is -0.642. The first-order valence-corrected chi connectivity index (χ1v) is 7.05. The Hall–Kier alpha value is -2.09. The highest BCUT2D eigenvalue weighted by Gasteiger charge is 2.22. The van der Waals surface area contributed by atoms with Crippen LogP contribution < -0.4 is 27.2 Å². The summed E-state index contributed by atoms with van der Waals surface area (Å²) in [4.78, 5) is 39.4. The van der Waals surface area contributed by atoms with Gasteiger partial charge in [-0.05, 0) is 20.4 Å². The molecule has 1 heterocycles. The molecule has 0 unspecified atom stereocenters. The lowest BCUT2D eigenvalue weighted by Gasteiger charge is -2.23. The Morgan fingerprint density at radius 1 is 1.38 bits per heavy atom. The van der Waals surface area contributed by atoms with Gasteiger partial charge in [0.05, 0.1) is 6.54 Å². The normalized spacial score (nSPS) is 10.6. The number of carbonyl (C=O) groups excluding carboxylic acids is 1. The lowest BCUT2D eigenvalue weighted by Crippen LogP contribution is -2.43. The zero-order valence-corrected chi connectivity index (χ0v) is 12.7. The number of aromatic amines is 1. The maximum atomic E-state index is 12.1. The Kier molecular flexibility index (Phi) is 6.16. The van der Waals surface area contributed by atoms with Gasteiger partial charge in [0.15, 0.2) is 5.69 Å². The SMILES string of the molecule is CCCCn1c(N)c(N(CC)C(=O)CNC)c(=O)[nH]c1=O. The van der Waals surface area contributed by atoms with Crippen molar-refractivity contribution >= 4 is 17.4 Å². The molecule has 1 amide bonds. The molecule has 1 aromatic rings. The summed E-state index contributed by atoms with van der Waals surface area (Å²) in [6, 6.07) is 0. The van der Waals surface area contributed by atoms with E-state index in [0.29, 0.717) is 13.1 Å².